The summed E-state index contributed by atoms with van der Waals surface area (Å²) in [6.45, 7) is 1.61. The molecular formula is C23H23NO4. The van der Waals surface area contributed by atoms with E-state index in [1.54, 1.807) is 31.4 Å². The van der Waals surface area contributed by atoms with Crippen molar-refractivity contribution in [1.82, 2.24) is 5.32 Å². The Morgan fingerprint density at radius 1 is 0.964 bits per heavy atom. The fourth-order valence-corrected chi connectivity index (χ4v) is 3.10. The van der Waals surface area contributed by atoms with E-state index in [-0.39, 0.29) is 25.0 Å². The Bertz CT molecular complexity index is 961. The molecule has 1 N–H and O–H groups in total. The van der Waals surface area contributed by atoms with E-state index in [1.807, 2.05) is 49.4 Å². The zero-order valence-corrected chi connectivity index (χ0v) is 16.0. The first kappa shape index (κ1) is 19.4. The van der Waals surface area contributed by atoms with Crippen LogP contribution in [0.1, 0.15) is 24.1 Å². The molecule has 1 atom stereocenters. The molecule has 0 radical (unpaired) electrons. The van der Waals surface area contributed by atoms with Gasteiger partial charge in [-0.05, 0) is 41.0 Å². The van der Waals surface area contributed by atoms with Crippen molar-refractivity contribution < 1.29 is 19.1 Å². The molecule has 0 aliphatic carbocycles. The van der Waals surface area contributed by atoms with Crippen LogP contribution in [0.25, 0.3) is 10.8 Å². The molecule has 5 nitrogen and oxygen atoms in total. The van der Waals surface area contributed by atoms with Crippen LogP contribution in [0.3, 0.4) is 0 Å². The zero-order chi connectivity index (χ0) is 19.9. The van der Waals surface area contributed by atoms with Crippen molar-refractivity contribution in [2.75, 3.05) is 13.7 Å². The van der Waals surface area contributed by atoms with Crippen molar-refractivity contribution in [3.8, 4) is 5.75 Å². The summed E-state index contributed by atoms with van der Waals surface area (Å²) in [7, 11) is 1.58. The smallest absolute Gasteiger partial charge is 0.310 e. The Labute approximate surface area is 164 Å². The molecule has 3 rings (SSSR count). The van der Waals surface area contributed by atoms with Crippen LogP contribution in [-0.2, 0) is 20.7 Å². The predicted octanol–water partition coefficient (Wildman–Crippen LogP) is 3.81. The van der Waals surface area contributed by atoms with Crippen molar-refractivity contribution in [1.29, 1.82) is 0 Å². The number of hydrogen-bond donors (Lipinski definition) is 1. The fraction of sp³-hybridized carbons (Fsp3) is 0.217. The van der Waals surface area contributed by atoms with E-state index in [2.05, 4.69) is 5.32 Å². The van der Waals surface area contributed by atoms with Gasteiger partial charge in [-0.3, -0.25) is 9.59 Å². The number of amides is 1. The normalized spacial score (nSPS) is 11.6. The molecule has 0 saturated carbocycles. The molecule has 5 heteroatoms. The summed E-state index contributed by atoms with van der Waals surface area (Å²) < 4.78 is 10.2. The third kappa shape index (κ3) is 4.88. The molecule has 144 valence electrons. The van der Waals surface area contributed by atoms with Gasteiger partial charge in [-0.25, -0.2) is 0 Å². The Morgan fingerprint density at radius 3 is 2.43 bits per heavy atom. The second-order valence-electron chi connectivity index (χ2n) is 6.54. The molecule has 3 aromatic rings. The van der Waals surface area contributed by atoms with Gasteiger partial charge in [0.25, 0.3) is 5.91 Å². The molecule has 0 fully saturated rings. The number of fused-ring (bicyclic) bond motifs is 1. The average Bonchev–Trinajstić information content (AvgIpc) is 2.72. The number of nitrogens with one attached hydrogen (secondary N) is 1. The van der Waals surface area contributed by atoms with Crippen molar-refractivity contribution >= 4 is 22.6 Å². The topological polar surface area (TPSA) is 64.6 Å². The highest BCUT2D eigenvalue weighted by atomic mass is 16.5. The lowest BCUT2D eigenvalue weighted by Crippen LogP contribution is -2.31. The maximum Gasteiger partial charge on any atom is 0.310 e. The first-order chi connectivity index (χ1) is 13.6. The molecule has 0 unspecified atom stereocenters. The summed E-state index contributed by atoms with van der Waals surface area (Å²) in [5.74, 6) is -0.0550. The predicted molar refractivity (Wildman–Crippen MR) is 108 cm³/mol. The number of ether oxygens (including phenoxy) is 2. The van der Waals surface area contributed by atoms with Crippen molar-refractivity contribution in [2.45, 2.75) is 19.4 Å². The van der Waals surface area contributed by atoms with Crippen LogP contribution in [-0.4, -0.2) is 25.6 Å². The van der Waals surface area contributed by atoms with Gasteiger partial charge in [-0.15, -0.1) is 0 Å². The first-order valence-electron chi connectivity index (χ1n) is 9.12. The second kappa shape index (κ2) is 9.04. The molecule has 0 aromatic heterocycles. The number of benzene rings is 3. The Balaban J connectivity index is 1.52. The van der Waals surface area contributed by atoms with E-state index in [1.165, 1.54) is 0 Å². The first-order valence-corrected chi connectivity index (χ1v) is 9.12. The maximum absolute atomic E-state index is 12.2. The van der Waals surface area contributed by atoms with Gasteiger partial charge in [0.2, 0.25) is 0 Å². The van der Waals surface area contributed by atoms with Crippen LogP contribution in [0, 0.1) is 0 Å². The van der Waals surface area contributed by atoms with Gasteiger partial charge in [0, 0.05) is 0 Å². The van der Waals surface area contributed by atoms with Crippen LogP contribution >= 0.6 is 0 Å². The monoisotopic (exact) mass is 377 g/mol. The number of methoxy groups -OCH3 is 1. The molecule has 0 aliphatic rings. The lowest BCUT2D eigenvalue weighted by Gasteiger charge is -2.16. The second-order valence-corrected chi connectivity index (χ2v) is 6.54. The van der Waals surface area contributed by atoms with E-state index in [0.29, 0.717) is 0 Å². The summed E-state index contributed by atoms with van der Waals surface area (Å²) in [4.78, 5) is 24.2. The van der Waals surface area contributed by atoms with E-state index >= 15 is 0 Å². The van der Waals surface area contributed by atoms with Gasteiger partial charge in [0.05, 0.1) is 19.6 Å². The third-order valence-electron chi connectivity index (χ3n) is 4.54. The van der Waals surface area contributed by atoms with Crippen LogP contribution in [0.5, 0.6) is 5.75 Å². The largest absolute Gasteiger partial charge is 0.497 e. The van der Waals surface area contributed by atoms with Gasteiger partial charge < -0.3 is 14.8 Å². The lowest BCUT2D eigenvalue weighted by atomic mass is 10.00. The third-order valence-corrected chi connectivity index (χ3v) is 4.54. The number of hydrogen-bond acceptors (Lipinski definition) is 4. The van der Waals surface area contributed by atoms with E-state index < -0.39 is 5.97 Å². The van der Waals surface area contributed by atoms with Gasteiger partial charge in [-0.2, -0.15) is 0 Å². The van der Waals surface area contributed by atoms with Gasteiger partial charge in [0.15, 0.2) is 6.61 Å². The standard InChI is InChI=1S/C23H23NO4/c1-16(20-9-5-7-18-6-3-4-8-21(18)20)24-22(25)15-28-23(26)14-17-10-12-19(27-2)13-11-17/h3-13,16H,14-15H2,1-2H3,(H,24,25)/t16-/m1/s1. The molecule has 1 amide bonds. The molecule has 0 aliphatic heterocycles. The summed E-state index contributed by atoms with van der Waals surface area (Å²) in [5, 5.41) is 5.10. The van der Waals surface area contributed by atoms with Crippen molar-refractivity contribution in [2.24, 2.45) is 0 Å². The summed E-state index contributed by atoms with van der Waals surface area (Å²) >= 11 is 0. The summed E-state index contributed by atoms with van der Waals surface area (Å²) in [6, 6.07) is 21.0. The highest BCUT2D eigenvalue weighted by Gasteiger charge is 2.14. The van der Waals surface area contributed by atoms with E-state index in [4.69, 9.17) is 9.47 Å². The van der Waals surface area contributed by atoms with Crippen molar-refractivity contribution in [3.05, 3.63) is 77.9 Å². The number of rotatable bonds is 7. The minimum Gasteiger partial charge on any atom is -0.497 e. The molecule has 0 spiro atoms. The van der Waals surface area contributed by atoms with E-state index in [9.17, 15) is 9.59 Å². The quantitative estimate of drug-likeness (QED) is 0.636. The van der Waals surface area contributed by atoms with Crippen LogP contribution in [0.4, 0.5) is 0 Å². The lowest BCUT2D eigenvalue weighted by molar-refractivity contribution is -0.148. The van der Waals surface area contributed by atoms with Crippen LogP contribution < -0.4 is 10.1 Å². The molecule has 0 saturated heterocycles. The Kier molecular flexibility index (Phi) is 6.27. The van der Waals surface area contributed by atoms with Gasteiger partial charge in [0.1, 0.15) is 5.75 Å². The Hall–Kier alpha value is -3.34. The summed E-state index contributed by atoms with van der Waals surface area (Å²) in [6.07, 6.45) is 0.107. The maximum atomic E-state index is 12.2. The van der Waals surface area contributed by atoms with E-state index in [0.717, 1.165) is 27.6 Å². The number of carbonyl (C=O) groups excluding carboxylic acids is 2. The van der Waals surface area contributed by atoms with Gasteiger partial charge >= 0.3 is 5.97 Å². The molecule has 0 bridgehead atoms. The molecule has 28 heavy (non-hydrogen) atoms. The molecular weight excluding hydrogens is 354 g/mol. The van der Waals surface area contributed by atoms with Crippen LogP contribution in [0.15, 0.2) is 66.7 Å². The average molecular weight is 377 g/mol. The highest BCUT2D eigenvalue weighted by Crippen LogP contribution is 2.23. The SMILES string of the molecule is COc1ccc(CC(=O)OCC(=O)N[C@H](C)c2cccc3ccccc23)cc1. The van der Waals surface area contributed by atoms with Crippen molar-refractivity contribution in [3.63, 3.8) is 0 Å². The Morgan fingerprint density at radius 2 is 1.68 bits per heavy atom. The highest BCUT2D eigenvalue weighted by molar-refractivity contribution is 5.87. The minimum atomic E-state index is -0.446. The fourth-order valence-electron chi connectivity index (χ4n) is 3.10. The minimum absolute atomic E-state index is 0.107. The zero-order valence-electron chi connectivity index (χ0n) is 16.0. The summed E-state index contributed by atoms with van der Waals surface area (Å²) in [5.41, 5.74) is 1.83. The molecule has 3 aromatic carbocycles. The van der Waals surface area contributed by atoms with Gasteiger partial charge in [-0.1, -0.05) is 54.6 Å². The molecule has 0 heterocycles. The number of esters is 1. The number of carbonyl (C=O) groups is 2. The van der Waals surface area contributed by atoms with Crippen LogP contribution in [0.2, 0.25) is 0 Å².